The van der Waals surface area contributed by atoms with Crippen molar-refractivity contribution in [1.82, 2.24) is 15.5 Å². The smallest absolute Gasteiger partial charge is 0.325 e. The molecule has 1 heterocycles. The van der Waals surface area contributed by atoms with Crippen LogP contribution in [0.2, 0.25) is 5.02 Å². The minimum atomic E-state index is -1.28. The number of carbonyl (C=O) groups excluding carboxylic acids is 3. The maximum atomic E-state index is 13.1. The minimum absolute atomic E-state index is 0.0455. The van der Waals surface area contributed by atoms with Crippen molar-refractivity contribution in [1.29, 1.82) is 0 Å². The molecular weight excluding hydrogens is 414 g/mol. The first-order valence-electron chi connectivity index (χ1n) is 11.4. The zero-order valence-electron chi connectivity index (χ0n) is 18.1. The van der Waals surface area contributed by atoms with Gasteiger partial charge in [-0.25, -0.2) is 4.79 Å². The van der Waals surface area contributed by atoms with Crippen LogP contribution in [-0.4, -0.2) is 35.3 Å². The molecule has 31 heavy (non-hydrogen) atoms. The van der Waals surface area contributed by atoms with E-state index in [0.29, 0.717) is 10.6 Å². The normalized spacial score (nSPS) is 37.1. The molecular formula is C24H30ClN3O3. The fourth-order valence-corrected chi connectivity index (χ4v) is 7.51. The minimum Gasteiger partial charge on any atom is -0.352 e. The van der Waals surface area contributed by atoms with E-state index in [1.165, 1.54) is 38.5 Å². The van der Waals surface area contributed by atoms with E-state index in [1.807, 2.05) is 0 Å². The van der Waals surface area contributed by atoms with E-state index in [4.69, 9.17) is 11.6 Å². The van der Waals surface area contributed by atoms with E-state index in [-0.39, 0.29) is 23.9 Å². The topological polar surface area (TPSA) is 78.5 Å². The molecule has 6 rings (SSSR count). The van der Waals surface area contributed by atoms with Gasteiger partial charge in [-0.15, -0.1) is 0 Å². The number of rotatable bonds is 5. The summed E-state index contributed by atoms with van der Waals surface area (Å²) in [5.41, 5.74) is -0.575. The fraction of sp³-hybridized carbons (Fsp3) is 0.625. The Kier molecular flexibility index (Phi) is 4.85. The first-order valence-corrected chi connectivity index (χ1v) is 11.8. The van der Waals surface area contributed by atoms with Crippen LogP contribution in [0.25, 0.3) is 0 Å². The van der Waals surface area contributed by atoms with Crippen LogP contribution in [0.1, 0.15) is 57.9 Å². The Morgan fingerprint density at radius 1 is 1.16 bits per heavy atom. The standard InChI is InChI=1S/C24H30ClN3O3/c1-14(24-10-15-7-16(11-24)9-17(8-15)12-24)26-20(29)13-28-21(30)23(2,27-22(28)31)18-5-3-4-6-19(18)25/h3-6,14-17H,7-13H2,1-2H3,(H,26,29)(H,27,31). The molecule has 0 radical (unpaired) electrons. The predicted molar refractivity (Wildman–Crippen MR) is 117 cm³/mol. The van der Waals surface area contributed by atoms with Gasteiger partial charge in [-0.1, -0.05) is 29.8 Å². The average molecular weight is 444 g/mol. The number of urea groups is 1. The van der Waals surface area contributed by atoms with Gasteiger partial charge in [0.15, 0.2) is 0 Å². The Balaban J connectivity index is 1.27. The van der Waals surface area contributed by atoms with Crippen molar-refractivity contribution in [3.8, 4) is 0 Å². The van der Waals surface area contributed by atoms with E-state index in [0.717, 1.165) is 22.7 Å². The molecule has 6 nitrogen and oxygen atoms in total. The van der Waals surface area contributed by atoms with E-state index in [1.54, 1.807) is 31.2 Å². The molecule has 0 spiro atoms. The SMILES string of the molecule is CC(NC(=O)CN1C(=O)NC(C)(c2ccccc2Cl)C1=O)C12CC3CC(CC(C3)C1)C2. The molecule has 5 aliphatic rings. The van der Waals surface area contributed by atoms with Gasteiger partial charge in [-0.3, -0.25) is 14.5 Å². The largest absolute Gasteiger partial charge is 0.352 e. The van der Waals surface area contributed by atoms with Crippen LogP contribution in [0.4, 0.5) is 4.79 Å². The first kappa shape index (κ1) is 20.8. The van der Waals surface area contributed by atoms with Gasteiger partial charge in [-0.2, -0.15) is 0 Å². The van der Waals surface area contributed by atoms with Gasteiger partial charge in [-0.05, 0) is 81.6 Å². The molecule has 5 fully saturated rings. The van der Waals surface area contributed by atoms with Crippen LogP contribution in [0, 0.1) is 23.2 Å². The van der Waals surface area contributed by atoms with Crippen LogP contribution >= 0.6 is 11.6 Å². The number of hydrogen-bond donors (Lipinski definition) is 2. The lowest BCUT2D eigenvalue weighted by Gasteiger charge is -2.59. The number of benzene rings is 1. The molecule has 2 unspecified atom stereocenters. The summed E-state index contributed by atoms with van der Waals surface area (Å²) in [5.74, 6) is 1.66. The maximum Gasteiger partial charge on any atom is 0.325 e. The molecule has 1 aromatic rings. The van der Waals surface area contributed by atoms with Crippen molar-refractivity contribution in [3.05, 3.63) is 34.9 Å². The summed E-state index contributed by atoms with van der Waals surface area (Å²) in [7, 11) is 0. The molecule has 4 bridgehead atoms. The van der Waals surface area contributed by atoms with Gasteiger partial charge in [0, 0.05) is 16.6 Å². The molecule has 7 heteroatoms. The van der Waals surface area contributed by atoms with Crippen LogP contribution in [-0.2, 0) is 15.1 Å². The molecule has 2 N–H and O–H groups in total. The Morgan fingerprint density at radius 3 is 2.32 bits per heavy atom. The summed E-state index contributed by atoms with van der Waals surface area (Å²) in [5, 5.41) is 6.28. The number of amides is 4. The van der Waals surface area contributed by atoms with Crippen LogP contribution < -0.4 is 10.6 Å². The quantitative estimate of drug-likeness (QED) is 0.679. The molecule has 4 amide bonds. The van der Waals surface area contributed by atoms with E-state index in [9.17, 15) is 14.4 Å². The predicted octanol–water partition coefficient (Wildman–Crippen LogP) is 3.83. The number of imide groups is 1. The van der Waals surface area contributed by atoms with Crippen molar-refractivity contribution >= 4 is 29.4 Å². The highest BCUT2D eigenvalue weighted by molar-refractivity contribution is 6.32. The molecule has 1 aliphatic heterocycles. The van der Waals surface area contributed by atoms with E-state index < -0.39 is 17.5 Å². The second-order valence-corrected chi connectivity index (χ2v) is 10.9. The second kappa shape index (κ2) is 7.22. The molecule has 1 saturated heterocycles. The summed E-state index contributed by atoms with van der Waals surface area (Å²) < 4.78 is 0. The number of nitrogens with one attached hydrogen (secondary N) is 2. The van der Waals surface area contributed by atoms with Gasteiger partial charge in [0.05, 0.1) is 0 Å². The van der Waals surface area contributed by atoms with E-state index >= 15 is 0 Å². The summed E-state index contributed by atoms with van der Waals surface area (Å²) in [6, 6.07) is 6.43. The Bertz CT molecular complexity index is 912. The zero-order valence-corrected chi connectivity index (χ0v) is 18.9. The number of hydrogen-bond acceptors (Lipinski definition) is 3. The van der Waals surface area contributed by atoms with Gasteiger partial charge < -0.3 is 10.6 Å². The van der Waals surface area contributed by atoms with Gasteiger partial charge in [0.1, 0.15) is 12.1 Å². The molecule has 2 atom stereocenters. The third-order valence-corrected chi connectivity index (χ3v) is 8.70. The lowest BCUT2D eigenvalue weighted by molar-refractivity contribution is -0.136. The summed E-state index contributed by atoms with van der Waals surface area (Å²) in [6.45, 7) is 3.45. The van der Waals surface area contributed by atoms with Crippen molar-refractivity contribution < 1.29 is 14.4 Å². The lowest BCUT2D eigenvalue weighted by atomic mass is 9.48. The Hall–Kier alpha value is -2.08. The highest BCUT2D eigenvalue weighted by Gasteiger charge is 2.54. The number of nitrogens with zero attached hydrogens (tertiary/aromatic N) is 1. The number of carbonyl (C=O) groups is 3. The van der Waals surface area contributed by atoms with Crippen LogP contribution in [0.3, 0.4) is 0 Å². The Morgan fingerprint density at radius 2 is 1.74 bits per heavy atom. The second-order valence-electron chi connectivity index (χ2n) is 10.5. The molecule has 4 saturated carbocycles. The highest BCUT2D eigenvalue weighted by Crippen LogP contribution is 2.61. The highest BCUT2D eigenvalue weighted by atomic mass is 35.5. The maximum absolute atomic E-state index is 13.1. The first-order chi connectivity index (χ1) is 14.7. The third-order valence-electron chi connectivity index (χ3n) is 8.37. The lowest BCUT2D eigenvalue weighted by Crippen LogP contribution is -2.57. The summed E-state index contributed by atoms with van der Waals surface area (Å²) >= 11 is 6.28. The summed E-state index contributed by atoms with van der Waals surface area (Å²) in [6.07, 6.45) is 7.62. The van der Waals surface area contributed by atoms with Crippen molar-refractivity contribution in [3.63, 3.8) is 0 Å². The average Bonchev–Trinajstić information content (AvgIpc) is 2.91. The molecule has 166 valence electrons. The van der Waals surface area contributed by atoms with Gasteiger partial charge >= 0.3 is 6.03 Å². The fourth-order valence-electron chi connectivity index (χ4n) is 7.18. The van der Waals surface area contributed by atoms with Crippen LogP contribution in [0.15, 0.2) is 24.3 Å². The zero-order chi connectivity index (χ0) is 22.0. The van der Waals surface area contributed by atoms with Crippen molar-refractivity contribution in [2.45, 2.75) is 64.0 Å². The number of halogens is 1. The van der Waals surface area contributed by atoms with Crippen LogP contribution in [0.5, 0.6) is 0 Å². The molecule has 0 aromatic heterocycles. The summed E-state index contributed by atoms with van der Waals surface area (Å²) in [4.78, 5) is 39.6. The Labute approximate surface area is 188 Å². The third kappa shape index (κ3) is 3.34. The van der Waals surface area contributed by atoms with E-state index in [2.05, 4.69) is 17.6 Å². The monoisotopic (exact) mass is 443 g/mol. The molecule has 1 aromatic carbocycles. The van der Waals surface area contributed by atoms with Crippen molar-refractivity contribution in [2.24, 2.45) is 23.2 Å². The van der Waals surface area contributed by atoms with Gasteiger partial charge in [0.25, 0.3) is 5.91 Å². The van der Waals surface area contributed by atoms with Gasteiger partial charge in [0.2, 0.25) is 5.91 Å². The molecule has 4 aliphatic carbocycles. The van der Waals surface area contributed by atoms with Crippen molar-refractivity contribution in [2.75, 3.05) is 6.54 Å².